The van der Waals surface area contributed by atoms with Crippen LogP contribution in [0.2, 0.25) is 0 Å². The summed E-state index contributed by atoms with van der Waals surface area (Å²) < 4.78 is 5.32. The van der Waals surface area contributed by atoms with E-state index in [2.05, 4.69) is 5.32 Å². The number of thioether (sulfide) groups is 1. The van der Waals surface area contributed by atoms with E-state index in [0.717, 1.165) is 28.3 Å². The Labute approximate surface area is 168 Å². The summed E-state index contributed by atoms with van der Waals surface area (Å²) in [5, 5.41) is 2.86. The van der Waals surface area contributed by atoms with Gasteiger partial charge in [-0.1, -0.05) is 30.3 Å². The highest BCUT2D eigenvalue weighted by atomic mass is 32.2. The molecule has 0 radical (unpaired) electrons. The first-order valence-electron chi connectivity index (χ1n) is 9.35. The van der Waals surface area contributed by atoms with E-state index >= 15 is 0 Å². The average molecular weight is 398 g/mol. The van der Waals surface area contributed by atoms with Gasteiger partial charge in [0.25, 0.3) is 5.91 Å². The van der Waals surface area contributed by atoms with Gasteiger partial charge in [0, 0.05) is 24.4 Å². The Kier molecular flexibility index (Phi) is 4.93. The fourth-order valence-corrected chi connectivity index (χ4v) is 5.39. The number of methoxy groups -OCH3 is 1. The Balaban J connectivity index is 1.75. The maximum Gasteiger partial charge on any atom is 0.319 e. The van der Waals surface area contributed by atoms with Crippen molar-refractivity contribution in [2.75, 3.05) is 30.9 Å². The number of hydrogen-bond donors (Lipinski definition) is 1. The lowest BCUT2D eigenvalue weighted by molar-refractivity contribution is -0.123. The third kappa shape index (κ3) is 2.81. The molecule has 7 heteroatoms. The minimum absolute atomic E-state index is 0.0646. The monoisotopic (exact) mass is 397 g/mol. The molecule has 4 rings (SSSR count). The number of para-hydroxylation sites is 1. The van der Waals surface area contributed by atoms with E-state index in [1.165, 1.54) is 11.8 Å². The van der Waals surface area contributed by atoms with Crippen molar-refractivity contribution in [2.45, 2.75) is 18.3 Å². The summed E-state index contributed by atoms with van der Waals surface area (Å²) in [6, 6.07) is 15.3. The number of anilines is 1. The summed E-state index contributed by atoms with van der Waals surface area (Å²) in [5.74, 6) is 1.42. The van der Waals surface area contributed by atoms with Crippen molar-refractivity contribution in [3.63, 3.8) is 0 Å². The fraction of sp³-hybridized carbons (Fsp3) is 0.333. The third-order valence-corrected chi connectivity index (χ3v) is 6.57. The first kappa shape index (κ1) is 18.7. The van der Waals surface area contributed by atoms with Crippen molar-refractivity contribution in [1.29, 1.82) is 0 Å². The molecule has 28 heavy (non-hydrogen) atoms. The zero-order valence-corrected chi connectivity index (χ0v) is 16.8. The van der Waals surface area contributed by atoms with Gasteiger partial charge in [-0.25, -0.2) is 4.79 Å². The van der Waals surface area contributed by atoms with E-state index in [1.807, 2.05) is 55.5 Å². The van der Waals surface area contributed by atoms with E-state index < -0.39 is 4.87 Å². The quantitative estimate of drug-likeness (QED) is 0.861. The van der Waals surface area contributed by atoms with Crippen LogP contribution in [0.15, 0.2) is 48.5 Å². The summed E-state index contributed by atoms with van der Waals surface area (Å²) in [7, 11) is 1.63. The van der Waals surface area contributed by atoms with E-state index in [0.29, 0.717) is 19.6 Å². The molecule has 0 aliphatic carbocycles. The number of nitrogens with zero attached hydrogens (tertiary/aromatic N) is 2. The zero-order chi connectivity index (χ0) is 19.7. The predicted molar refractivity (Wildman–Crippen MR) is 111 cm³/mol. The van der Waals surface area contributed by atoms with Gasteiger partial charge in [-0.05, 0) is 30.7 Å². The van der Waals surface area contributed by atoms with Crippen LogP contribution < -0.4 is 15.0 Å². The molecule has 2 aliphatic heterocycles. The summed E-state index contributed by atoms with van der Waals surface area (Å²) in [6.45, 7) is 3.38. The highest BCUT2D eigenvalue weighted by molar-refractivity contribution is 8.01. The molecule has 0 unspecified atom stereocenters. The molecule has 146 valence electrons. The molecule has 2 heterocycles. The highest BCUT2D eigenvalue weighted by Crippen LogP contribution is 2.54. The van der Waals surface area contributed by atoms with Gasteiger partial charge >= 0.3 is 6.03 Å². The molecular weight excluding hydrogens is 374 g/mol. The van der Waals surface area contributed by atoms with Crippen LogP contribution in [0.4, 0.5) is 10.5 Å². The number of rotatable bonds is 4. The summed E-state index contributed by atoms with van der Waals surface area (Å²) in [4.78, 5) is 28.9. The summed E-state index contributed by atoms with van der Waals surface area (Å²) in [5.41, 5.74) is 2.72. The van der Waals surface area contributed by atoms with Crippen molar-refractivity contribution in [3.05, 3.63) is 59.7 Å². The molecule has 1 atom stereocenters. The molecule has 2 aliphatic rings. The Morgan fingerprint density at radius 1 is 1.25 bits per heavy atom. The number of carbonyl (C=O) groups is 2. The maximum atomic E-state index is 13.7. The van der Waals surface area contributed by atoms with Crippen molar-refractivity contribution in [2.24, 2.45) is 0 Å². The number of fused-ring (bicyclic) bond motifs is 2. The molecule has 0 bridgehead atoms. The van der Waals surface area contributed by atoms with Crippen molar-refractivity contribution >= 4 is 29.4 Å². The van der Waals surface area contributed by atoms with Gasteiger partial charge in [0.1, 0.15) is 5.75 Å². The van der Waals surface area contributed by atoms with Gasteiger partial charge in [-0.2, -0.15) is 0 Å². The first-order valence-corrected chi connectivity index (χ1v) is 10.3. The van der Waals surface area contributed by atoms with Gasteiger partial charge in [0.2, 0.25) is 0 Å². The highest BCUT2D eigenvalue weighted by Gasteiger charge is 2.59. The van der Waals surface area contributed by atoms with Crippen LogP contribution in [0.5, 0.6) is 5.75 Å². The molecule has 3 amide bonds. The number of carbonyl (C=O) groups excluding carboxylic acids is 2. The van der Waals surface area contributed by atoms with Crippen LogP contribution in [-0.2, 0) is 16.2 Å². The minimum Gasteiger partial charge on any atom is -0.497 e. The van der Waals surface area contributed by atoms with Crippen molar-refractivity contribution in [1.82, 2.24) is 10.2 Å². The molecule has 1 N–H and O–H groups in total. The SMILES string of the molecule is CCNC(=O)N1CCS[C@@]12C(=O)N(Cc1cccc(OC)c1)c1ccccc12. The van der Waals surface area contributed by atoms with Crippen molar-refractivity contribution in [3.8, 4) is 5.75 Å². The molecule has 2 aromatic rings. The average Bonchev–Trinajstić information content (AvgIpc) is 3.26. The molecule has 0 aromatic heterocycles. The topological polar surface area (TPSA) is 61.9 Å². The van der Waals surface area contributed by atoms with Gasteiger partial charge in [0.15, 0.2) is 4.87 Å². The Bertz CT molecular complexity index is 919. The van der Waals surface area contributed by atoms with Crippen LogP contribution in [0.25, 0.3) is 0 Å². The summed E-state index contributed by atoms with van der Waals surface area (Å²) >= 11 is 1.54. The smallest absolute Gasteiger partial charge is 0.319 e. The van der Waals surface area contributed by atoms with Crippen LogP contribution in [0, 0.1) is 0 Å². The zero-order valence-electron chi connectivity index (χ0n) is 16.0. The lowest BCUT2D eigenvalue weighted by Gasteiger charge is -2.33. The molecule has 1 saturated heterocycles. The van der Waals surface area contributed by atoms with Crippen LogP contribution >= 0.6 is 11.8 Å². The second-order valence-corrected chi connectivity index (χ2v) is 8.03. The normalized spacial score (nSPS) is 20.6. The van der Waals surface area contributed by atoms with Crippen LogP contribution in [0.3, 0.4) is 0 Å². The molecule has 6 nitrogen and oxygen atoms in total. The second kappa shape index (κ2) is 7.39. The van der Waals surface area contributed by atoms with Gasteiger partial charge < -0.3 is 15.0 Å². The first-order chi connectivity index (χ1) is 13.6. The summed E-state index contributed by atoms with van der Waals surface area (Å²) in [6.07, 6.45) is 0. The van der Waals surface area contributed by atoms with E-state index in [1.54, 1.807) is 16.9 Å². The number of amides is 3. The third-order valence-electron chi connectivity index (χ3n) is 5.15. The predicted octanol–water partition coefficient (Wildman–Crippen LogP) is 3.17. The Morgan fingerprint density at radius 3 is 2.86 bits per heavy atom. The van der Waals surface area contributed by atoms with E-state index in [9.17, 15) is 9.59 Å². The van der Waals surface area contributed by atoms with Crippen LogP contribution in [-0.4, -0.2) is 42.8 Å². The molecular formula is C21H23N3O3S. The molecule has 2 aromatic carbocycles. The van der Waals surface area contributed by atoms with E-state index in [-0.39, 0.29) is 11.9 Å². The van der Waals surface area contributed by atoms with Gasteiger partial charge in [0.05, 0.1) is 19.3 Å². The van der Waals surface area contributed by atoms with Gasteiger partial charge in [-0.3, -0.25) is 9.69 Å². The maximum absolute atomic E-state index is 13.7. The number of hydrogen-bond acceptors (Lipinski definition) is 4. The minimum atomic E-state index is -0.991. The molecule has 1 spiro atoms. The number of nitrogens with one attached hydrogen (secondary N) is 1. The fourth-order valence-electron chi connectivity index (χ4n) is 3.93. The Hall–Kier alpha value is -2.67. The standard InChI is InChI=1S/C21H23N3O3S/c1-3-22-20(26)24-11-12-28-21(24)17-9-4-5-10-18(17)23(19(21)25)14-15-7-6-8-16(13-15)27-2/h4-10,13H,3,11-12,14H2,1-2H3,(H,22,26)/t21-/m0/s1. The van der Waals surface area contributed by atoms with Crippen molar-refractivity contribution < 1.29 is 14.3 Å². The van der Waals surface area contributed by atoms with Gasteiger partial charge in [-0.15, -0.1) is 11.8 Å². The molecule has 0 saturated carbocycles. The molecule has 1 fully saturated rings. The number of benzene rings is 2. The number of ether oxygens (including phenoxy) is 1. The van der Waals surface area contributed by atoms with E-state index in [4.69, 9.17) is 4.74 Å². The second-order valence-electron chi connectivity index (χ2n) is 6.74. The Morgan fingerprint density at radius 2 is 2.07 bits per heavy atom. The number of urea groups is 1. The lowest BCUT2D eigenvalue weighted by Crippen LogP contribution is -2.53. The van der Waals surface area contributed by atoms with Crippen LogP contribution in [0.1, 0.15) is 18.1 Å². The largest absolute Gasteiger partial charge is 0.497 e. The lowest BCUT2D eigenvalue weighted by atomic mass is 10.1.